The lowest BCUT2D eigenvalue weighted by atomic mass is 10.1. The molecule has 0 amide bonds. The normalized spacial score (nSPS) is 11.5. The van der Waals surface area contributed by atoms with E-state index in [-0.39, 0.29) is 15.7 Å². The van der Waals surface area contributed by atoms with Crippen LogP contribution in [-0.2, 0) is 10.0 Å². The first kappa shape index (κ1) is 21.3. The van der Waals surface area contributed by atoms with E-state index in [0.29, 0.717) is 32.3 Å². The summed E-state index contributed by atoms with van der Waals surface area (Å²) in [4.78, 5) is 18.1. The van der Waals surface area contributed by atoms with Gasteiger partial charge in [0.25, 0.3) is 0 Å². The van der Waals surface area contributed by atoms with E-state index in [0.717, 1.165) is 11.3 Å². The Labute approximate surface area is 187 Å². The van der Waals surface area contributed by atoms with Gasteiger partial charge in [0, 0.05) is 16.1 Å². The molecule has 0 saturated carbocycles. The lowest BCUT2D eigenvalue weighted by molar-refractivity contribution is 0.103. The maximum atomic E-state index is 13.4. The molecule has 3 aromatic carbocycles. The maximum Gasteiger partial charge on any atom is 0.238 e. The zero-order valence-electron chi connectivity index (χ0n) is 15.7. The Kier molecular flexibility index (Phi) is 5.72. The second-order valence-corrected chi connectivity index (χ2v) is 9.61. The first-order chi connectivity index (χ1) is 14.7. The van der Waals surface area contributed by atoms with Crippen molar-refractivity contribution in [2.75, 3.05) is 0 Å². The molecule has 1 heterocycles. The van der Waals surface area contributed by atoms with E-state index < -0.39 is 15.8 Å². The smallest absolute Gasteiger partial charge is 0.238 e. The average molecular weight is 473 g/mol. The zero-order valence-corrected chi connectivity index (χ0v) is 18.1. The number of ketones is 1. The minimum atomic E-state index is -3.84. The van der Waals surface area contributed by atoms with Crippen LogP contribution in [0.2, 0.25) is 5.02 Å². The third-order valence-electron chi connectivity index (χ3n) is 4.47. The standard InChI is InChI=1S/C22H14ClFN2O3S2/c23-16-3-1-2-15(12-16)20(27)22-26-19(13-4-8-17(24)9-5-13)21(30-22)14-6-10-18(11-7-14)31(25,28)29/h1-12H,(H2,25,28,29). The van der Waals surface area contributed by atoms with Gasteiger partial charge in [0.2, 0.25) is 15.8 Å². The van der Waals surface area contributed by atoms with E-state index >= 15 is 0 Å². The highest BCUT2D eigenvalue weighted by Crippen LogP contribution is 2.38. The molecule has 9 heteroatoms. The van der Waals surface area contributed by atoms with E-state index in [9.17, 15) is 17.6 Å². The highest BCUT2D eigenvalue weighted by atomic mass is 35.5. The Morgan fingerprint density at radius 3 is 2.23 bits per heavy atom. The van der Waals surface area contributed by atoms with Gasteiger partial charge in [-0.2, -0.15) is 0 Å². The van der Waals surface area contributed by atoms with Gasteiger partial charge in [-0.1, -0.05) is 35.9 Å². The summed E-state index contributed by atoms with van der Waals surface area (Å²) in [6.07, 6.45) is 0. The number of benzene rings is 3. The number of nitrogens with two attached hydrogens (primary N) is 1. The first-order valence-electron chi connectivity index (χ1n) is 8.92. The summed E-state index contributed by atoms with van der Waals surface area (Å²) in [5.41, 5.74) is 2.14. The van der Waals surface area contributed by atoms with Crippen molar-refractivity contribution in [3.63, 3.8) is 0 Å². The summed E-state index contributed by atoms with van der Waals surface area (Å²) < 4.78 is 36.5. The molecule has 0 aliphatic heterocycles. The van der Waals surface area contributed by atoms with Gasteiger partial charge in [0.05, 0.1) is 15.5 Å². The van der Waals surface area contributed by atoms with E-state index in [1.165, 1.54) is 24.3 Å². The number of carbonyl (C=O) groups is 1. The molecule has 0 atom stereocenters. The predicted octanol–water partition coefficient (Wildman–Crippen LogP) is 5.15. The zero-order chi connectivity index (χ0) is 22.2. The van der Waals surface area contributed by atoms with Crippen LogP contribution in [0, 0.1) is 5.82 Å². The van der Waals surface area contributed by atoms with Gasteiger partial charge in [0.15, 0.2) is 5.01 Å². The molecule has 0 saturated heterocycles. The molecule has 31 heavy (non-hydrogen) atoms. The monoisotopic (exact) mass is 472 g/mol. The topological polar surface area (TPSA) is 90.1 Å². The molecule has 0 unspecified atom stereocenters. The fourth-order valence-corrected chi connectivity index (χ4v) is 4.73. The van der Waals surface area contributed by atoms with Gasteiger partial charge in [-0.15, -0.1) is 11.3 Å². The molecule has 2 N–H and O–H groups in total. The number of sulfonamides is 1. The van der Waals surface area contributed by atoms with Gasteiger partial charge in [-0.3, -0.25) is 4.79 Å². The van der Waals surface area contributed by atoms with Crippen LogP contribution in [0.3, 0.4) is 0 Å². The number of rotatable bonds is 5. The van der Waals surface area contributed by atoms with Crippen molar-refractivity contribution in [3.05, 3.63) is 94.2 Å². The van der Waals surface area contributed by atoms with E-state index in [1.54, 1.807) is 48.5 Å². The van der Waals surface area contributed by atoms with Crippen LogP contribution >= 0.6 is 22.9 Å². The van der Waals surface area contributed by atoms with Crippen molar-refractivity contribution in [1.29, 1.82) is 0 Å². The molecule has 0 bridgehead atoms. The van der Waals surface area contributed by atoms with E-state index in [1.807, 2.05) is 0 Å². The Morgan fingerprint density at radius 1 is 0.968 bits per heavy atom. The molecule has 0 aliphatic rings. The SMILES string of the molecule is NS(=O)(=O)c1ccc(-c2sc(C(=O)c3cccc(Cl)c3)nc2-c2ccc(F)cc2)cc1. The summed E-state index contributed by atoms with van der Waals surface area (Å²) in [5.74, 6) is -0.698. The Bertz CT molecular complexity index is 1380. The third-order valence-corrected chi connectivity index (χ3v) is 6.74. The molecule has 0 spiro atoms. The number of thiazole rings is 1. The second kappa shape index (κ2) is 8.32. The number of aromatic nitrogens is 1. The molecular formula is C22H14ClFN2O3S2. The second-order valence-electron chi connectivity index (χ2n) is 6.61. The lowest BCUT2D eigenvalue weighted by Crippen LogP contribution is -2.11. The fourth-order valence-electron chi connectivity index (χ4n) is 2.97. The van der Waals surface area contributed by atoms with E-state index in [4.69, 9.17) is 16.7 Å². The molecule has 5 nitrogen and oxygen atoms in total. The molecule has 0 radical (unpaired) electrons. The van der Waals surface area contributed by atoms with Crippen LogP contribution in [0.15, 0.2) is 77.7 Å². The van der Waals surface area contributed by atoms with Crippen LogP contribution in [0.4, 0.5) is 4.39 Å². The van der Waals surface area contributed by atoms with E-state index in [2.05, 4.69) is 4.98 Å². The predicted molar refractivity (Wildman–Crippen MR) is 119 cm³/mol. The summed E-state index contributed by atoms with van der Waals surface area (Å²) in [5, 5.41) is 5.83. The number of primary sulfonamides is 1. The third kappa shape index (κ3) is 4.57. The summed E-state index contributed by atoms with van der Waals surface area (Å²) in [6.45, 7) is 0. The van der Waals surface area contributed by atoms with Crippen molar-refractivity contribution >= 4 is 38.7 Å². The molecule has 0 fully saturated rings. The Morgan fingerprint density at radius 2 is 1.61 bits per heavy atom. The van der Waals surface area contributed by atoms with Crippen LogP contribution in [0.5, 0.6) is 0 Å². The number of hydrogen-bond donors (Lipinski definition) is 1. The number of nitrogens with zero attached hydrogens (tertiary/aromatic N) is 1. The van der Waals surface area contributed by atoms with Crippen LogP contribution in [0.1, 0.15) is 15.4 Å². The maximum absolute atomic E-state index is 13.4. The fraction of sp³-hybridized carbons (Fsp3) is 0. The largest absolute Gasteiger partial charge is 0.286 e. The van der Waals surface area contributed by atoms with Crippen molar-refractivity contribution < 1.29 is 17.6 Å². The molecule has 4 rings (SSSR count). The Hall–Kier alpha value is -2.91. The highest BCUT2D eigenvalue weighted by molar-refractivity contribution is 7.89. The molecule has 1 aromatic heterocycles. The number of halogens is 2. The van der Waals surface area contributed by atoms with Gasteiger partial charge >= 0.3 is 0 Å². The van der Waals surface area contributed by atoms with Crippen molar-refractivity contribution in [3.8, 4) is 21.7 Å². The average Bonchev–Trinajstić information content (AvgIpc) is 3.18. The minimum absolute atomic E-state index is 0.0284. The summed E-state index contributed by atoms with van der Waals surface area (Å²) >= 11 is 7.16. The van der Waals surface area contributed by atoms with Crippen LogP contribution < -0.4 is 5.14 Å². The summed E-state index contributed by atoms with van der Waals surface area (Å²) in [6, 6.07) is 18.3. The molecule has 4 aromatic rings. The van der Waals surface area contributed by atoms with Crippen molar-refractivity contribution in [1.82, 2.24) is 4.98 Å². The first-order valence-corrected chi connectivity index (χ1v) is 11.7. The number of hydrogen-bond acceptors (Lipinski definition) is 5. The van der Waals surface area contributed by atoms with Crippen molar-refractivity contribution in [2.45, 2.75) is 4.90 Å². The van der Waals surface area contributed by atoms with Crippen molar-refractivity contribution in [2.24, 2.45) is 5.14 Å². The lowest BCUT2D eigenvalue weighted by Gasteiger charge is -2.04. The number of carbonyl (C=O) groups excluding carboxylic acids is 1. The molecular weight excluding hydrogens is 459 g/mol. The summed E-state index contributed by atoms with van der Waals surface area (Å²) in [7, 11) is -3.84. The van der Waals surface area contributed by atoms with Crippen LogP contribution in [0.25, 0.3) is 21.7 Å². The highest BCUT2D eigenvalue weighted by Gasteiger charge is 2.21. The Balaban J connectivity index is 1.84. The quantitative estimate of drug-likeness (QED) is 0.407. The molecule has 156 valence electrons. The van der Waals surface area contributed by atoms with Gasteiger partial charge in [0.1, 0.15) is 5.82 Å². The van der Waals surface area contributed by atoms with Gasteiger partial charge < -0.3 is 0 Å². The van der Waals surface area contributed by atoms with Gasteiger partial charge in [-0.25, -0.2) is 22.9 Å². The van der Waals surface area contributed by atoms with Crippen LogP contribution in [-0.4, -0.2) is 19.2 Å². The van der Waals surface area contributed by atoms with Gasteiger partial charge in [-0.05, 0) is 54.1 Å². The molecule has 0 aliphatic carbocycles. The minimum Gasteiger partial charge on any atom is -0.286 e.